The van der Waals surface area contributed by atoms with Crippen LogP contribution < -0.4 is 10.3 Å². The van der Waals surface area contributed by atoms with Gasteiger partial charge in [0, 0.05) is 5.75 Å². The molecule has 13 heavy (non-hydrogen) atoms. The Balaban J connectivity index is 2.92. The van der Waals surface area contributed by atoms with Gasteiger partial charge in [0.1, 0.15) is 5.03 Å². The van der Waals surface area contributed by atoms with Gasteiger partial charge in [-0.2, -0.15) is 0 Å². The molecule has 0 fully saturated rings. The molecule has 1 heterocycles. The average Bonchev–Trinajstić information content (AvgIpc) is 2.15. The molecule has 0 saturated heterocycles. The van der Waals surface area contributed by atoms with Gasteiger partial charge in [0.25, 0.3) is 5.56 Å². The fourth-order valence-corrected chi connectivity index (χ4v) is 1.51. The fraction of sp³-hybridized carbons (Fsp3) is 0.429. The van der Waals surface area contributed by atoms with Crippen LogP contribution in [-0.4, -0.2) is 34.5 Å². The lowest BCUT2D eigenvalue weighted by molar-refractivity contribution is 0.322. The zero-order chi connectivity index (χ0) is 9.68. The Morgan fingerprint density at radius 1 is 1.77 bits per heavy atom. The number of aromatic nitrogens is 2. The molecule has 0 unspecified atom stereocenters. The quantitative estimate of drug-likeness (QED) is 0.525. The van der Waals surface area contributed by atoms with Crippen LogP contribution in [0.25, 0.3) is 0 Å². The summed E-state index contributed by atoms with van der Waals surface area (Å²) in [5, 5.41) is 9.09. The van der Waals surface area contributed by atoms with E-state index in [1.165, 1.54) is 25.2 Å². The fourth-order valence-electron chi connectivity index (χ4n) is 0.796. The summed E-state index contributed by atoms with van der Waals surface area (Å²) in [5.41, 5.74) is -0.307. The Kier molecular flexibility index (Phi) is 3.78. The lowest BCUT2D eigenvalue weighted by atomic mass is 10.6. The first-order valence-corrected chi connectivity index (χ1v) is 4.63. The topological polar surface area (TPSA) is 75.2 Å². The summed E-state index contributed by atoms with van der Waals surface area (Å²) in [7, 11) is 1.41. The average molecular weight is 202 g/mol. The summed E-state index contributed by atoms with van der Waals surface area (Å²) in [6.45, 7) is 0.0439. The van der Waals surface area contributed by atoms with Gasteiger partial charge in [-0.1, -0.05) is 0 Å². The monoisotopic (exact) mass is 202 g/mol. The molecular formula is C7H10N2O3S. The van der Waals surface area contributed by atoms with Gasteiger partial charge in [-0.3, -0.25) is 4.79 Å². The third-order valence-corrected chi connectivity index (χ3v) is 2.26. The molecular weight excluding hydrogens is 192 g/mol. The number of rotatable bonds is 4. The first kappa shape index (κ1) is 10.1. The van der Waals surface area contributed by atoms with Crippen molar-refractivity contribution in [2.75, 3.05) is 19.5 Å². The molecule has 5 nitrogen and oxygen atoms in total. The zero-order valence-corrected chi connectivity index (χ0v) is 7.93. The van der Waals surface area contributed by atoms with Crippen LogP contribution in [0.3, 0.4) is 0 Å². The van der Waals surface area contributed by atoms with Crippen LogP contribution in [0.1, 0.15) is 0 Å². The van der Waals surface area contributed by atoms with Crippen LogP contribution in [0.15, 0.2) is 16.1 Å². The molecule has 0 aliphatic carbocycles. The Morgan fingerprint density at radius 3 is 3.15 bits per heavy atom. The van der Waals surface area contributed by atoms with E-state index in [2.05, 4.69) is 9.97 Å². The standard InChI is InChI=1S/C7H10N2O3S/c1-12-5-6(11)8-4-9-7(5)13-3-2-10/h4,10H,2-3H2,1H3,(H,8,9,11). The van der Waals surface area contributed by atoms with Crippen molar-refractivity contribution in [2.24, 2.45) is 0 Å². The molecule has 0 bridgehead atoms. The minimum absolute atomic E-state index is 0.0439. The lowest BCUT2D eigenvalue weighted by Gasteiger charge is -2.03. The van der Waals surface area contributed by atoms with Crippen LogP contribution in [0.5, 0.6) is 5.75 Å². The van der Waals surface area contributed by atoms with Crippen molar-refractivity contribution in [3.8, 4) is 5.75 Å². The molecule has 0 aliphatic heterocycles. The van der Waals surface area contributed by atoms with Crippen LogP contribution in [0.4, 0.5) is 0 Å². The Morgan fingerprint density at radius 2 is 2.54 bits per heavy atom. The van der Waals surface area contributed by atoms with Crippen molar-refractivity contribution in [2.45, 2.75) is 5.03 Å². The number of aliphatic hydroxyl groups is 1. The lowest BCUT2D eigenvalue weighted by Crippen LogP contribution is -2.11. The molecule has 2 N–H and O–H groups in total. The molecule has 1 rings (SSSR count). The van der Waals surface area contributed by atoms with Crippen LogP contribution in [-0.2, 0) is 0 Å². The first-order valence-electron chi connectivity index (χ1n) is 3.65. The number of nitrogens with one attached hydrogen (secondary N) is 1. The highest BCUT2D eigenvalue weighted by molar-refractivity contribution is 7.99. The minimum atomic E-state index is -0.307. The van der Waals surface area contributed by atoms with Gasteiger partial charge in [-0.15, -0.1) is 11.8 Å². The normalized spacial score (nSPS) is 10.0. The smallest absolute Gasteiger partial charge is 0.294 e. The highest BCUT2D eigenvalue weighted by atomic mass is 32.2. The second-order valence-corrected chi connectivity index (χ2v) is 3.23. The van der Waals surface area contributed by atoms with Crippen molar-refractivity contribution >= 4 is 11.8 Å². The number of thioether (sulfide) groups is 1. The van der Waals surface area contributed by atoms with Gasteiger partial charge in [0.15, 0.2) is 0 Å². The van der Waals surface area contributed by atoms with Gasteiger partial charge in [0.2, 0.25) is 5.75 Å². The maximum Gasteiger partial charge on any atom is 0.294 e. The van der Waals surface area contributed by atoms with Crippen molar-refractivity contribution in [3.05, 3.63) is 16.7 Å². The molecule has 0 aliphatic rings. The SMILES string of the molecule is COc1c(SCCO)nc[nH]c1=O. The molecule has 0 aromatic carbocycles. The van der Waals surface area contributed by atoms with Gasteiger partial charge in [-0.05, 0) is 0 Å². The summed E-state index contributed by atoms with van der Waals surface area (Å²) in [6.07, 6.45) is 1.31. The summed E-state index contributed by atoms with van der Waals surface area (Å²) < 4.78 is 4.86. The van der Waals surface area contributed by atoms with Crippen molar-refractivity contribution in [1.82, 2.24) is 9.97 Å². The third kappa shape index (κ3) is 2.46. The summed E-state index contributed by atoms with van der Waals surface area (Å²) in [6, 6.07) is 0. The first-order chi connectivity index (χ1) is 6.29. The van der Waals surface area contributed by atoms with E-state index in [-0.39, 0.29) is 17.9 Å². The number of aliphatic hydroxyl groups excluding tert-OH is 1. The Labute approximate surface area is 79.2 Å². The highest BCUT2D eigenvalue weighted by Crippen LogP contribution is 2.21. The predicted molar refractivity (Wildman–Crippen MR) is 49.2 cm³/mol. The molecule has 0 amide bonds. The maximum absolute atomic E-state index is 11.1. The molecule has 0 atom stereocenters. The second-order valence-electron chi connectivity index (χ2n) is 2.14. The molecule has 1 aromatic heterocycles. The second kappa shape index (κ2) is 4.88. The third-order valence-electron chi connectivity index (χ3n) is 1.31. The van der Waals surface area contributed by atoms with E-state index in [4.69, 9.17) is 9.84 Å². The number of hydrogen-bond donors (Lipinski definition) is 2. The number of aromatic amines is 1. The van der Waals surface area contributed by atoms with E-state index >= 15 is 0 Å². The Hall–Kier alpha value is -1.01. The number of ether oxygens (including phenoxy) is 1. The minimum Gasteiger partial charge on any atom is -0.489 e. The summed E-state index contributed by atoms with van der Waals surface area (Å²) >= 11 is 1.28. The summed E-state index contributed by atoms with van der Waals surface area (Å²) in [5.74, 6) is 0.688. The molecule has 6 heteroatoms. The van der Waals surface area contributed by atoms with Crippen molar-refractivity contribution in [3.63, 3.8) is 0 Å². The highest BCUT2D eigenvalue weighted by Gasteiger charge is 2.08. The van der Waals surface area contributed by atoms with Crippen molar-refractivity contribution < 1.29 is 9.84 Å². The van der Waals surface area contributed by atoms with E-state index in [9.17, 15) is 4.79 Å². The number of hydrogen-bond acceptors (Lipinski definition) is 5. The van der Waals surface area contributed by atoms with E-state index in [1.807, 2.05) is 0 Å². The number of methoxy groups -OCH3 is 1. The van der Waals surface area contributed by atoms with Crippen molar-refractivity contribution in [1.29, 1.82) is 0 Å². The van der Waals surface area contributed by atoms with Gasteiger partial charge in [-0.25, -0.2) is 4.98 Å². The zero-order valence-electron chi connectivity index (χ0n) is 7.11. The molecule has 0 spiro atoms. The molecule has 1 aromatic rings. The van der Waals surface area contributed by atoms with Crippen LogP contribution >= 0.6 is 11.8 Å². The van der Waals surface area contributed by atoms with Gasteiger partial charge >= 0.3 is 0 Å². The molecule has 0 saturated carbocycles. The van der Waals surface area contributed by atoms with Crippen LogP contribution in [0, 0.1) is 0 Å². The number of H-pyrrole nitrogens is 1. The summed E-state index contributed by atoms with van der Waals surface area (Å²) in [4.78, 5) is 17.5. The Bertz CT molecular complexity index is 326. The number of nitrogens with zero attached hydrogens (tertiary/aromatic N) is 1. The maximum atomic E-state index is 11.1. The van der Waals surface area contributed by atoms with Crippen LogP contribution in [0.2, 0.25) is 0 Å². The molecule has 72 valence electrons. The van der Waals surface area contributed by atoms with E-state index < -0.39 is 0 Å². The van der Waals surface area contributed by atoms with E-state index in [1.54, 1.807) is 0 Å². The molecule has 0 radical (unpaired) electrons. The largest absolute Gasteiger partial charge is 0.489 e. The van der Waals surface area contributed by atoms with Gasteiger partial charge in [0.05, 0.1) is 20.0 Å². The predicted octanol–water partition coefficient (Wildman–Crippen LogP) is -0.137. The van der Waals surface area contributed by atoms with Gasteiger partial charge < -0.3 is 14.8 Å². The van der Waals surface area contributed by atoms with E-state index in [0.29, 0.717) is 10.8 Å². The van der Waals surface area contributed by atoms with E-state index in [0.717, 1.165) is 0 Å².